The van der Waals surface area contributed by atoms with E-state index in [2.05, 4.69) is 33.3 Å². The molecule has 2 heterocycles. The van der Waals surface area contributed by atoms with Crippen molar-refractivity contribution in [3.8, 4) is 0 Å². The van der Waals surface area contributed by atoms with Crippen LogP contribution in [0.1, 0.15) is 66.1 Å². The second kappa shape index (κ2) is 12.5. The van der Waals surface area contributed by atoms with Crippen molar-refractivity contribution in [3.63, 3.8) is 0 Å². The number of fused-ring (bicyclic) bond motifs is 1. The average Bonchev–Trinajstić information content (AvgIpc) is 2.88. The van der Waals surface area contributed by atoms with Crippen LogP contribution in [0, 0.1) is 0 Å². The Hall–Kier alpha value is -3.19. The molecule has 186 valence electrons. The average molecular weight is 477 g/mol. The summed E-state index contributed by atoms with van der Waals surface area (Å²) in [4.78, 5) is 27.0. The highest BCUT2D eigenvalue weighted by molar-refractivity contribution is 6.04. The first kappa shape index (κ1) is 24.9. The van der Waals surface area contributed by atoms with E-state index in [1.165, 1.54) is 24.8 Å². The molecule has 1 amide bonds. The van der Waals surface area contributed by atoms with E-state index in [1.807, 2.05) is 42.6 Å². The number of hydrogen-bond donors (Lipinski definition) is 1. The first-order valence-corrected chi connectivity index (χ1v) is 12.8. The van der Waals surface area contributed by atoms with E-state index >= 15 is 0 Å². The van der Waals surface area contributed by atoms with Gasteiger partial charge < -0.3 is 10.1 Å². The summed E-state index contributed by atoms with van der Waals surface area (Å²) < 4.78 is 5.30. The van der Waals surface area contributed by atoms with Crippen LogP contribution in [0.25, 0.3) is 0 Å². The van der Waals surface area contributed by atoms with Gasteiger partial charge in [0.1, 0.15) is 0 Å². The largest absolute Gasteiger partial charge is 0.465 e. The number of ether oxygens (including phenoxy) is 1. The maximum Gasteiger partial charge on any atom is 0.320 e. The van der Waals surface area contributed by atoms with Crippen molar-refractivity contribution in [1.82, 2.24) is 9.91 Å². The Kier molecular flexibility index (Phi) is 8.90. The second-order valence-corrected chi connectivity index (χ2v) is 9.35. The van der Waals surface area contributed by atoms with Gasteiger partial charge in [0.2, 0.25) is 0 Å². The first-order valence-electron chi connectivity index (χ1n) is 12.8. The minimum atomic E-state index is -0.171. The summed E-state index contributed by atoms with van der Waals surface area (Å²) in [5, 5.41) is 9.67. The quantitative estimate of drug-likeness (QED) is 0.329. The van der Waals surface area contributed by atoms with Crippen LogP contribution in [0.15, 0.2) is 47.6 Å². The first-order chi connectivity index (χ1) is 17.1. The van der Waals surface area contributed by atoms with E-state index in [-0.39, 0.29) is 11.9 Å². The molecule has 2 aromatic carbocycles. The van der Waals surface area contributed by atoms with Gasteiger partial charge >= 0.3 is 5.97 Å². The summed E-state index contributed by atoms with van der Waals surface area (Å²) in [5.41, 5.74) is 4.75. The molecule has 2 aromatic rings. The smallest absolute Gasteiger partial charge is 0.320 e. The predicted molar refractivity (Wildman–Crippen MR) is 139 cm³/mol. The summed E-state index contributed by atoms with van der Waals surface area (Å²) >= 11 is 0. The highest BCUT2D eigenvalue weighted by Crippen LogP contribution is 2.23. The van der Waals surface area contributed by atoms with E-state index in [0.29, 0.717) is 25.3 Å². The number of hydrogen-bond acceptors (Lipinski definition) is 6. The maximum absolute atomic E-state index is 12.8. The molecule has 7 nitrogen and oxygen atoms in total. The minimum Gasteiger partial charge on any atom is -0.465 e. The Morgan fingerprint density at radius 3 is 2.60 bits per heavy atom. The number of esters is 1. The molecule has 1 N–H and O–H groups in total. The van der Waals surface area contributed by atoms with Crippen molar-refractivity contribution < 1.29 is 14.3 Å². The second-order valence-electron chi connectivity index (χ2n) is 9.35. The Morgan fingerprint density at radius 2 is 1.83 bits per heavy atom. The number of hydrazone groups is 1. The SMILES string of the molecule is CCCCOC(=O)CN1CCc2ccc(NC(=O)c3ccc(/C=N/N4CCCCC4)cc3)cc2C1. The van der Waals surface area contributed by atoms with Crippen molar-refractivity contribution in [2.24, 2.45) is 5.10 Å². The summed E-state index contributed by atoms with van der Waals surface area (Å²) in [7, 11) is 0. The molecule has 1 saturated heterocycles. The van der Waals surface area contributed by atoms with Crippen molar-refractivity contribution in [2.45, 2.75) is 52.0 Å². The van der Waals surface area contributed by atoms with Gasteiger partial charge in [-0.05, 0) is 73.1 Å². The molecule has 0 bridgehead atoms. The highest BCUT2D eigenvalue weighted by atomic mass is 16.5. The lowest BCUT2D eigenvalue weighted by molar-refractivity contribution is -0.145. The van der Waals surface area contributed by atoms with E-state index in [1.54, 1.807) is 0 Å². The van der Waals surface area contributed by atoms with Gasteiger partial charge in [-0.25, -0.2) is 0 Å². The van der Waals surface area contributed by atoms with Gasteiger partial charge in [0.15, 0.2) is 0 Å². The molecule has 2 aliphatic rings. The van der Waals surface area contributed by atoms with Crippen LogP contribution < -0.4 is 5.32 Å². The predicted octanol–water partition coefficient (Wildman–Crippen LogP) is 4.46. The molecule has 0 unspecified atom stereocenters. The molecule has 1 fully saturated rings. The summed E-state index contributed by atoms with van der Waals surface area (Å²) in [5.74, 6) is -0.313. The molecular formula is C28H36N4O3. The van der Waals surface area contributed by atoms with Gasteiger partial charge in [-0.3, -0.25) is 19.5 Å². The summed E-state index contributed by atoms with van der Waals surface area (Å²) in [6, 6.07) is 13.5. The fourth-order valence-corrected chi connectivity index (χ4v) is 4.45. The molecular weight excluding hydrogens is 440 g/mol. The number of nitrogens with zero attached hydrogens (tertiary/aromatic N) is 3. The molecule has 0 atom stereocenters. The molecule has 35 heavy (non-hydrogen) atoms. The molecule has 0 aliphatic carbocycles. The van der Waals surface area contributed by atoms with Gasteiger partial charge in [-0.15, -0.1) is 0 Å². The number of benzene rings is 2. The summed E-state index contributed by atoms with van der Waals surface area (Å²) in [6.45, 7) is 6.39. The Morgan fingerprint density at radius 1 is 1.03 bits per heavy atom. The van der Waals surface area contributed by atoms with E-state index in [0.717, 1.165) is 55.7 Å². The van der Waals surface area contributed by atoms with E-state index in [9.17, 15) is 9.59 Å². The number of anilines is 1. The fraction of sp³-hybridized carbons (Fsp3) is 0.464. The van der Waals surface area contributed by atoms with Crippen LogP contribution >= 0.6 is 0 Å². The van der Waals surface area contributed by atoms with E-state index < -0.39 is 0 Å². The van der Waals surface area contributed by atoms with Crippen LogP contribution in [-0.2, 0) is 22.5 Å². The number of unbranched alkanes of at least 4 members (excludes halogenated alkanes) is 1. The lowest BCUT2D eigenvalue weighted by Gasteiger charge is -2.28. The van der Waals surface area contributed by atoms with Crippen LogP contribution in [0.4, 0.5) is 5.69 Å². The van der Waals surface area contributed by atoms with Crippen LogP contribution in [0.2, 0.25) is 0 Å². The third-order valence-corrected chi connectivity index (χ3v) is 6.54. The van der Waals surface area contributed by atoms with Crippen LogP contribution in [0.3, 0.4) is 0 Å². The number of nitrogens with one attached hydrogen (secondary N) is 1. The van der Waals surface area contributed by atoms with Gasteiger partial charge in [-0.2, -0.15) is 5.10 Å². The fourth-order valence-electron chi connectivity index (χ4n) is 4.45. The van der Waals surface area contributed by atoms with Gasteiger partial charge in [-0.1, -0.05) is 31.5 Å². The number of amides is 1. The number of piperidine rings is 1. The summed E-state index contributed by atoms with van der Waals surface area (Å²) in [6.07, 6.45) is 8.33. The van der Waals surface area contributed by atoms with Gasteiger partial charge in [0, 0.05) is 37.4 Å². The standard InChI is InChI=1S/C28H36N4O3/c1-2-3-17-35-27(33)21-31-16-13-23-11-12-26(18-25(23)20-31)30-28(34)24-9-7-22(8-10-24)19-29-32-14-5-4-6-15-32/h7-12,18-19H,2-6,13-17,20-21H2,1H3,(H,30,34)/b29-19+. The highest BCUT2D eigenvalue weighted by Gasteiger charge is 2.20. The van der Waals surface area contributed by atoms with Gasteiger partial charge in [0.05, 0.1) is 19.4 Å². The van der Waals surface area contributed by atoms with Crippen molar-refractivity contribution >= 4 is 23.8 Å². The third-order valence-electron chi connectivity index (χ3n) is 6.54. The zero-order chi connectivity index (χ0) is 24.5. The minimum absolute atomic E-state index is 0.142. The monoisotopic (exact) mass is 476 g/mol. The molecule has 0 saturated carbocycles. The molecule has 0 aromatic heterocycles. The Balaban J connectivity index is 1.31. The number of carbonyl (C=O) groups is 2. The zero-order valence-electron chi connectivity index (χ0n) is 20.7. The van der Waals surface area contributed by atoms with Crippen LogP contribution in [0.5, 0.6) is 0 Å². The molecule has 0 spiro atoms. The lowest BCUT2D eigenvalue weighted by Crippen LogP contribution is -2.35. The molecule has 7 heteroatoms. The van der Waals surface area contributed by atoms with Crippen molar-refractivity contribution in [1.29, 1.82) is 0 Å². The molecule has 0 radical (unpaired) electrons. The number of carbonyl (C=O) groups excluding carboxylic acids is 2. The molecule has 2 aliphatic heterocycles. The number of rotatable bonds is 9. The maximum atomic E-state index is 12.8. The van der Waals surface area contributed by atoms with Crippen molar-refractivity contribution in [3.05, 3.63) is 64.7 Å². The lowest BCUT2D eigenvalue weighted by atomic mass is 9.99. The zero-order valence-corrected chi connectivity index (χ0v) is 20.7. The third kappa shape index (κ3) is 7.39. The normalized spacial score (nSPS) is 16.2. The molecule has 4 rings (SSSR count). The van der Waals surface area contributed by atoms with E-state index in [4.69, 9.17) is 4.74 Å². The topological polar surface area (TPSA) is 74.2 Å². The van der Waals surface area contributed by atoms with Crippen LogP contribution in [-0.4, -0.2) is 60.8 Å². The Bertz CT molecular complexity index is 1030. The van der Waals surface area contributed by atoms with Crippen molar-refractivity contribution in [2.75, 3.05) is 38.1 Å². The van der Waals surface area contributed by atoms with Gasteiger partial charge in [0.25, 0.3) is 5.91 Å². The Labute approximate surface area is 208 Å².